The Balaban J connectivity index is 2.18. The van der Waals surface area contributed by atoms with Crippen LogP contribution in [0.4, 0.5) is 0 Å². The van der Waals surface area contributed by atoms with E-state index >= 15 is 0 Å². The molecule has 0 radical (unpaired) electrons. The van der Waals surface area contributed by atoms with E-state index in [-0.39, 0.29) is 40.3 Å². The molecule has 0 saturated heterocycles. The summed E-state index contributed by atoms with van der Waals surface area (Å²) in [6.45, 7) is 13.3. The maximum atomic E-state index is 13.8. The molecule has 0 amide bonds. The van der Waals surface area contributed by atoms with Crippen molar-refractivity contribution >= 4 is 11.6 Å². The molecule has 0 aromatic heterocycles. The van der Waals surface area contributed by atoms with E-state index in [1.165, 1.54) is 6.08 Å². The van der Waals surface area contributed by atoms with Crippen LogP contribution in [0.25, 0.3) is 0 Å². The van der Waals surface area contributed by atoms with Gasteiger partial charge in [-0.3, -0.25) is 9.59 Å². The van der Waals surface area contributed by atoms with Crippen LogP contribution in [0, 0.1) is 28.6 Å². The van der Waals surface area contributed by atoms with Gasteiger partial charge in [0.25, 0.3) is 0 Å². The Kier molecular flexibility index (Phi) is 5.81. The molecule has 0 aliphatic heterocycles. The number of fused-ring (bicyclic) bond motifs is 1. The normalized spacial score (nSPS) is 38.3. The SMILES string of the molecule is C=C(C)C1C(=O)C(C(O)(CO)C2CC(=O)C(C)=CC2O)=CC2C(C)(C)CCCC12C. The van der Waals surface area contributed by atoms with Gasteiger partial charge in [0, 0.05) is 23.8 Å². The molecule has 166 valence electrons. The number of hydrogen-bond acceptors (Lipinski definition) is 5. The summed E-state index contributed by atoms with van der Waals surface area (Å²) in [4.78, 5) is 26.1. The molecule has 6 atom stereocenters. The summed E-state index contributed by atoms with van der Waals surface area (Å²) < 4.78 is 0. The van der Waals surface area contributed by atoms with Gasteiger partial charge >= 0.3 is 0 Å². The van der Waals surface area contributed by atoms with Crippen LogP contribution in [0.1, 0.15) is 60.3 Å². The predicted octanol–water partition coefficient (Wildman–Crippen LogP) is 3.14. The van der Waals surface area contributed by atoms with E-state index in [1.54, 1.807) is 6.92 Å². The molecule has 0 spiro atoms. The molecule has 3 N–H and O–H groups in total. The summed E-state index contributed by atoms with van der Waals surface area (Å²) in [6.07, 6.45) is 4.93. The van der Waals surface area contributed by atoms with E-state index in [2.05, 4.69) is 27.4 Å². The molecule has 1 fully saturated rings. The van der Waals surface area contributed by atoms with Gasteiger partial charge in [0.2, 0.25) is 0 Å². The van der Waals surface area contributed by atoms with Crippen LogP contribution in [-0.4, -0.2) is 45.2 Å². The minimum absolute atomic E-state index is 0.0000573. The first-order valence-electron chi connectivity index (χ1n) is 10.9. The van der Waals surface area contributed by atoms with E-state index in [0.29, 0.717) is 5.57 Å². The molecule has 5 heteroatoms. The number of ketones is 2. The van der Waals surface area contributed by atoms with E-state index in [1.807, 2.05) is 13.0 Å². The van der Waals surface area contributed by atoms with Crippen LogP contribution < -0.4 is 0 Å². The van der Waals surface area contributed by atoms with Crippen LogP contribution in [-0.2, 0) is 9.59 Å². The summed E-state index contributed by atoms with van der Waals surface area (Å²) >= 11 is 0. The zero-order chi connectivity index (χ0) is 22.6. The average molecular weight is 417 g/mol. The van der Waals surface area contributed by atoms with Crippen molar-refractivity contribution in [2.24, 2.45) is 28.6 Å². The maximum Gasteiger partial charge on any atom is 0.169 e. The summed E-state index contributed by atoms with van der Waals surface area (Å²) in [5.41, 5.74) is -1.11. The molecule has 0 bridgehead atoms. The Morgan fingerprint density at radius 2 is 1.87 bits per heavy atom. The number of carbonyl (C=O) groups excluding carboxylic acids is 2. The van der Waals surface area contributed by atoms with Gasteiger partial charge in [-0.25, -0.2) is 0 Å². The van der Waals surface area contributed by atoms with E-state index in [4.69, 9.17) is 0 Å². The van der Waals surface area contributed by atoms with Crippen molar-refractivity contribution in [3.05, 3.63) is 35.5 Å². The molecule has 5 nitrogen and oxygen atoms in total. The van der Waals surface area contributed by atoms with Crippen LogP contribution >= 0.6 is 0 Å². The molecule has 1 saturated carbocycles. The first-order chi connectivity index (χ1) is 13.8. The molecule has 0 aromatic rings. The molecule has 3 rings (SSSR count). The van der Waals surface area contributed by atoms with E-state index in [9.17, 15) is 24.9 Å². The van der Waals surface area contributed by atoms with Gasteiger partial charge in [-0.1, -0.05) is 45.4 Å². The maximum absolute atomic E-state index is 13.8. The van der Waals surface area contributed by atoms with Gasteiger partial charge in [-0.15, -0.1) is 0 Å². The zero-order valence-corrected chi connectivity index (χ0v) is 18.9. The third-order valence-corrected chi connectivity index (χ3v) is 8.10. The lowest BCUT2D eigenvalue weighted by molar-refractivity contribution is -0.138. The largest absolute Gasteiger partial charge is 0.393 e. The van der Waals surface area contributed by atoms with Gasteiger partial charge in [0.15, 0.2) is 11.6 Å². The Hall–Kier alpha value is -1.56. The first-order valence-corrected chi connectivity index (χ1v) is 10.9. The second kappa shape index (κ2) is 7.54. The second-order valence-corrected chi connectivity index (χ2v) is 10.7. The van der Waals surface area contributed by atoms with Crippen molar-refractivity contribution in [1.29, 1.82) is 0 Å². The Morgan fingerprint density at radius 3 is 2.43 bits per heavy atom. The van der Waals surface area contributed by atoms with Crippen molar-refractivity contribution < 1.29 is 24.9 Å². The predicted molar refractivity (Wildman–Crippen MR) is 116 cm³/mol. The number of rotatable bonds is 4. The van der Waals surface area contributed by atoms with Crippen molar-refractivity contribution in [2.75, 3.05) is 6.61 Å². The highest BCUT2D eigenvalue weighted by molar-refractivity contribution is 6.03. The quantitative estimate of drug-likeness (QED) is 0.612. The van der Waals surface area contributed by atoms with E-state index < -0.39 is 30.1 Å². The molecular formula is C25H36O5. The van der Waals surface area contributed by atoms with Crippen molar-refractivity contribution in [1.82, 2.24) is 0 Å². The fourth-order valence-corrected chi connectivity index (χ4v) is 6.52. The highest BCUT2D eigenvalue weighted by atomic mass is 16.3. The lowest BCUT2D eigenvalue weighted by Crippen LogP contribution is -2.58. The Bertz CT molecular complexity index is 834. The van der Waals surface area contributed by atoms with Gasteiger partial charge in [-0.2, -0.15) is 0 Å². The number of allylic oxidation sites excluding steroid dienone is 3. The Morgan fingerprint density at radius 1 is 1.23 bits per heavy atom. The summed E-state index contributed by atoms with van der Waals surface area (Å²) in [5.74, 6) is -1.90. The number of carbonyl (C=O) groups is 2. The summed E-state index contributed by atoms with van der Waals surface area (Å²) in [6, 6.07) is 0. The fraction of sp³-hybridized carbons (Fsp3) is 0.680. The number of aliphatic hydroxyl groups excluding tert-OH is 2. The molecule has 30 heavy (non-hydrogen) atoms. The highest BCUT2D eigenvalue weighted by Crippen LogP contribution is 2.60. The van der Waals surface area contributed by atoms with Gasteiger partial charge in [-0.05, 0) is 55.1 Å². The van der Waals surface area contributed by atoms with Crippen LogP contribution in [0.5, 0.6) is 0 Å². The first kappa shape index (κ1) is 23.1. The van der Waals surface area contributed by atoms with Crippen LogP contribution in [0.3, 0.4) is 0 Å². The molecule has 3 aliphatic rings. The lowest BCUT2D eigenvalue weighted by Gasteiger charge is -2.57. The Labute approximate surface area is 179 Å². The topological polar surface area (TPSA) is 94.8 Å². The number of hydrogen-bond donors (Lipinski definition) is 3. The monoisotopic (exact) mass is 416 g/mol. The third-order valence-electron chi connectivity index (χ3n) is 8.10. The minimum Gasteiger partial charge on any atom is -0.393 e. The fourth-order valence-electron chi connectivity index (χ4n) is 6.52. The standard InChI is InChI=1S/C25H36O5/c1-14(2)21-22(29)17(12-20-23(4,5)8-7-9-24(20,21)6)25(30,13-26)16-11-18(27)15(3)10-19(16)28/h10,12,16,19-21,26,28,30H,1,7-9,11,13H2,2-6H3. The third kappa shape index (κ3) is 3.35. The van der Waals surface area contributed by atoms with Gasteiger partial charge in [0.05, 0.1) is 12.7 Å². The molecule has 3 aliphatic carbocycles. The van der Waals surface area contributed by atoms with Crippen molar-refractivity contribution in [3.63, 3.8) is 0 Å². The lowest BCUT2D eigenvalue weighted by atomic mass is 9.47. The summed E-state index contributed by atoms with van der Waals surface area (Å²) in [7, 11) is 0. The van der Waals surface area contributed by atoms with Crippen molar-refractivity contribution in [2.45, 2.75) is 72.0 Å². The number of aliphatic hydroxyl groups is 3. The minimum atomic E-state index is -1.99. The molecule has 6 unspecified atom stereocenters. The zero-order valence-electron chi connectivity index (χ0n) is 18.9. The summed E-state index contributed by atoms with van der Waals surface area (Å²) in [5, 5.41) is 32.6. The highest BCUT2D eigenvalue weighted by Gasteiger charge is 2.59. The molecule has 0 heterocycles. The van der Waals surface area contributed by atoms with Gasteiger partial charge in [0.1, 0.15) is 5.60 Å². The smallest absolute Gasteiger partial charge is 0.169 e. The van der Waals surface area contributed by atoms with Gasteiger partial charge < -0.3 is 15.3 Å². The molecular weight excluding hydrogens is 380 g/mol. The van der Waals surface area contributed by atoms with Crippen LogP contribution in [0.15, 0.2) is 35.5 Å². The number of Topliss-reactive ketones (excluding diaryl/α,β-unsaturated/α-hetero) is 2. The average Bonchev–Trinajstić information content (AvgIpc) is 2.62. The second-order valence-electron chi connectivity index (χ2n) is 10.7. The van der Waals surface area contributed by atoms with Crippen molar-refractivity contribution in [3.8, 4) is 0 Å². The molecule has 0 aromatic carbocycles. The van der Waals surface area contributed by atoms with Crippen LogP contribution in [0.2, 0.25) is 0 Å². The van der Waals surface area contributed by atoms with E-state index in [0.717, 1.165) is 24.8 Å².